The van der Waals surface area contributed by atoms with Gasteiger partial charge < -0.3 is 4.52 Å². The highest BCUT2D eigenvalue weighted by molar-refractivity contribution is 5.68. The van der Waals surface area contributed by atoms with E-state index >= 15 is 0 Å². The number of rotatable bonds is 2. The summed E-state index contributed by atoms with van der Waals surface area (Å²) in [5, 5.41) is 8.50. The number of carbonyl (C=O) groups excluding carboxylic acids is 1. The second-order valence-corrected chi connectivity index (χ2v) is 1.02. The van der Waals surface area contributed by atoms with Gasteiger partial charge in [0, 0.05) is 5.27 Å². The maximum Gasteiger partial charge on any atom is 0.315 e. The summed E-state index contributed by atoms with van der Waals surface area (Å²) < 4.78 is 4.26. The van der Waals surface area contributed by atoms with Gasteiger partial charge in [-0.05, 0) is 0 Å². The molecule has 1 rings (SSSR count). The monoisotopic (exact) mass is 112 g/mol. The van der Waals surface area contributed by atoms with Crippen LogP contribution in [-0.4, -0.2) is 16.8 Å². The minimum Gasteiger partial charge on any atom is -0.343 e. The fourth-order valence-electron chi connectivity index (χ4n) is 0.271. The number of amides is 1. The van der Waals surface area contributed by atoms with Gasteiger partial charge in [-0.25, -0.2) is 0 Å². The van der Waals surface area contributed by atoms with Gasteiger partial charge in [0.1, 0.15) is 0 Å². The summed E-state index contributed by atoms with van der Waals surface area (Å²) in [4.78, 5) is 9.53. The van der Waals surface area contributed by atoms with E-state index in [9.17, 15) is 4.79 Å². The molecule has 41 valence electrons. The summed E-state index contributed by atoms with van der Waals surface area (Å²) in [5.41, 5.74) is 0. The standard InChI is InChI=1S/C3H2N3O2/c7-2-4-3-1-8-6-5-3/h1H,(H,4,7). The molecule has 0 bridgehead atoms. The lowest BCUT2D eigenvalue weighted by molar-refractivity contribution is 0.393. The minimum absolute atomic E-state index is 0.264. The molecule has 0 spiro atoms. The predicted molar refractivity (Wildman–Crippen MR) is 23.6 cm³/mol. The van der Waals surface area contributed by atoms with Crippen molar-refractivity contribution in [1.82, 2.24) is 10.4 Å². The van der Waals surface area contributed by atoms with E-state index in [0.717, 1.165) is 0 Å². The summed E-state index contributed by atoms with van der Waals surface area (Å²) in [7, 11) is 0. The van der Waals surface area contributed by atoms with Gasteiger partial charge in [-0.2, -0.15) is 0 Å². The van der Waals surface area contributed by atoms with E-state index in [4.69, 9.17) is 0 Å². The molecule has 1 N–H and O–H groups in total. The predicted octanol–water partition coefficient (Wildman–Crippen LogP) is -0.451. The van der Waals surface area contributed by atoms with E-state index < -0.39 is 0 Å². The third kappa shape index (κ3) is 0.810. The Kier molecular flexibility index (Phi) is 1.23. The lowest BCUT2D eigenvalue weighted by Crippen LogP contribution is -1.92. The average Bonchev–Trinajstić information content (AvgIpc) is 2.19. The lowest BCUT2D eigenvalue weighted by atomic mass is 10.8. The number of hydrogen-bond acceptors (Lipinski definition) is 4. The molecular formula is C3H2N3O2. The number of aromatic nitrogens is 2. The lowest BCUT2D eigenvalue weighted by Gasteiger charge is -1.77. The first-order valence-corrected chi connectivity index (χ1v) is 1.83. The second kappa shape index (κ2) is 2.06. The van der Waals surface area contributed by atoms with E-state index in [0.29, 0.717) is 0 Å². The van der Waals surface area contributed by atoms with Crippen molar-refractivity contribution in [3.8, 4) is 0 Å². The summed E-state index contributed by atoms with van der Waals surface area (Å²) in [5.74, 6) is 0.264. The van der Waals surface area contributed by atoms with Crippen LogP contribution in [0.4, 0.5) is 5.82 Å². The van der Waals surface area contributed by atoms with Gasteiger partial charge in [0.15, 0.2) is 12.1 Å². The Balaban J connectivity index is 2.62. The summed E-state index contributed by atoms with van der Waals surface area (Å²) in [6.45, 7) is 0. The number of nitrogens with zero attached hydrogens (tertiary/aromatic N) is 2. The maximum absolute atomic E-state index is 9.53. The molecule has 0 atom stereocenters. The van der Waals surface area contributed by atoms with Crippen molar-refractivity contribution in [2.45, 2.75) is 0 Å². The van der Waals surface area contributed by atoms with Crippen LogP contribution < -0.4 is 5.32 Å². The molecular weight excluding hydrogens is 110 g/mol. The third-order valence-corrected chi connectivity index (χ3v) is 0.539. The average molecular weight is 112 g/mol. The maximum atomic E-state index is 9.53. The highest BCUT2D eigenvalue weighted by atomic mass is 16.5. The second-order valence-electron chi connectivity index (χ2n) is 1.02. The zero-order valence-corrected chi connectivity index (χ0v) is 3.79. The van der Waals surface area contributed by atoms with Gasteiger partial charge in [-0.3, -0.25) is 10.1 Å². The van der Waals surface area contributed by atoms with Crippen molar-refractivity contribution in [2.75, 3.05) is 5.32 Å². The number of nitrogens with one attached hydrogen (secondary N) is 1. The fraction of sp³-hybridized carbons (Fsp3) is 0. The van der Waals surface area contributed by atoms with Crippen LogP contribution in [0.2, 0.25) is 0 Å². The molecule has 5 heteroatoms. The van der Waals surface area contributed by atoms with Gasteiger partial charge in [-0.15, -0.1) is 0 Å². The molecule has 5 nitrogen and oxygen atoms in total. The number of hydrogen-bond donors (Lipinski definition) is 1. The van der Waals surface area contributed by atoms with Gasteiger partial charge >= 0.3 is 6.41 Å². The first-order valence-electron chi connectivity index (χ1n) is 1.83. The van der Waals surface area contributed by atoms with Crippen LogP contribution in [0.3, 0.4) is 0 Å². The summed E-state index contributed by atoms with van der Waals surface area (Å²) in [6.07, 6.45) is 2.61. The van der Waals surface area contributed by atoms with E-state index in [1.54, 1.807) is 0 Å². The van der Waals surface area contributed by atoms with E-state index in [1.807, 2.05) is 0 Å². The Bertz CT molecular complexity index is 159. The molecule has 1 aromatic heterocycles. The van der Waals surface area contributed by atoms with Crippen LogP contribution in [0.15, 0.2) is 10.8 Å². The van der Waals surface area contributed by atoms with Crippen LogP contribution in [0.1, 0.15) is 0 Å². The quantitative estimate of drug-likeness (QED) is 0.526. The van der Waals surface area contributed by atoms with E-state index in [-0.39, 0.29) is 5.82 Å². The van der Waals surface area contributed by atoms with Gasteiger partial charge in [-0.1, -0.05) is 5.10 Å². The smallest absolute Gasteiger partial charge is 0.315 e. The molecule has 0 aliphatic rings. The molecule has 0 unspecified atom stereocenters. The third-order valence-electron chi connectivity index (χ3n) is 0.539. The molecule has 8 heavy (non-hydrogen) atoms. The topological polar surface area (TPSA) is 68.0 Å². The van der Waals surface area contributed by atoms with Crippen LogP contribution in [0.5, 0.6) is 0 Å². The highest BCUT2D eigenvalue weighted by Crippen LogP contribution is 1.93. The van der Waals surface area contributed by atoms with Crippen molar-refractivity contribution in [2.24, 2.45) is 0 Å². The first kappa shape index (κ1) is 4.76. The van der Waals surface area contributed by atoms with Gasteiger partial charge in [0.05, 0.1) is 0 Å². The molecule has 1 aromatic rings. The zero-order valence-electron chi connectivity index (χ0n) is 3.79. The van der Waals surface area contributed by atoms with Crippen LogP contribution in [0.25, 0.3) is 0 Å². The Morgan fingerprint density at radius 2 is 2.75 bits per heavy atom. The molecule has 1 amide bonds. The van der Waals surface area contributed by atoms with E-state index in [1.165, 1.54) is 12.7 Å². The number of anilines is 1. The fourth-order valence-corrected chi connectivity index (χ4v) is 0.271. The zero-order chi connectivity index (χ0) is 5.82. The molecule has 0 aliphatic heterocycles. The van der Waals surface area contributed by atoms with Crippen molar-refractivity contribution >= 4 is 12.2 Å². The molecule has 0 aliphatic carbocycles. The van der Waals surface area contributed by atoms with Gasteiger partial charge in [0.25, 0.3) is 0 Å². The molecule has 1 heterocycles. The Morgan fingerprint density at radius 3 is 3.25 bits per heavy atom. The van der Waals surface area contributed by atoms with Crippen LogP contribution in [-0.2, 0) is 4.79 Å². The minimum atomic E-state index is 0.264. The van der Waals surface area contributed by atoms with Crippen LogP contribution >= 0.6 is 0 Å². The van der Waals surface area contributed by atoms with Crippen LogP contribution in [0, 0.1) is 0 Å². The molecule has 0 aromatic carbocycles. The van der Waals surface area contributed by atoms with Gasteiger partial charge in [0.2, 0.25) is 0 Å². The van der Waals surface area contributed by atoms with E-state index in [2.05, 4.69) is 20.2 Å². The first-order chi connectivity index (χ1) is 3.93. The summed E-state index contributed by atoms with van der Waals surface area (Å²) >= 11 is 0. The Hall–Kier alpha value is -1.39. The normalized spacial score (nSPS) is 8.50. The molecule has 0 fully saturated rings. The summed E-state index contributed by atoms with van der Waals surface area (Å²) in [6, 6.07) is 0. The van der Waals surface area contributed by atoms with Crippen molar-refractivity contribution < 1.29 is 9.32 Å². The molecule has 0 saturated heterocycles. The molecule has 1 radical (unpaired) electrons. The Labute approximate surface area is 44.7 Å². The highest BCUT2D eigenvalue weighted by Gasteiger charge is 1.90. The molecule has 0 saturated carbocycles. The SMILES string of the molecule is O=[C]Nc1conn1. The van der Waals surface area contributed by atoms with Crippen molar-refractivity contribution in [3.63, 3.8) is 0 Å². The van der Waals surface area contributed by atoms with Crippen molar-refractivity contribution in [1.29, 1.82) is 0 Å². The largest absolute Gasteiger partial charge is 0.343 e. The van der Waals surface area contributed by atoms with Crippen molar-refractivity contribution in [3.05, 3.63) is 6.26 Å². The Morgan fingerprint density at radius 1 is 1.88 bits per heavy atom.